The maximum absolute atomic E-state index is 12.9. The van der Waals surface area contributed by atoms with Crippen LogP contribution in [0.5, 0.6) is 5.75 Å². The fourth-order valence-electron chi connectivity index (χ4n) is 3.70. The predicted octanol–water partition coefficient (Wildman–Crippen LogP) is 3.23. The van der Waals surface area contributed by atoms with Crippen LogP contribution >= 0.6 is 0 Å². The van der Waals surface area contributed by atoms with E-state index in [0.29, 0.717) is 43.9 Å². The van der Waals surface area contributed by atoms with Gasteiger partial charge in [-0.25, -0.2) is 0 Å². The molecule has 2 aromatic rings. The lowest BCUT2D eigenvalue weighted by atomic mass is 10.0. The van der Waals surface area contributed by atoms with Gasteiger partial charge in [0, 0.05) is 45.1 Å². The van der Waals surface area contributed by atoms with E-state index < -0.39 is 5.97 Å². The van der Waals surface area contributed by atoms with E-state index in [1.165, 1.54) is 18.1 Å². The van der Waals surface area contributed by atoms with Gasteiger partial charge in [0.1, 0.15) is 5.75 Å². The maximum atomic E-state index is 12.9. The molecule has 6 nitrogen and oxygen atoms in total. The summed E-state index contributed by atoms with van der Waals surface area (Å²) in [6, 6.07) is 14.8. The van der Waals surface area contributed by atoms with Gasteiger partial charge < -0.3 is 14.5 Å². The molecule has 1 heterocycles. The van der Waals surface area contributed by atoms with Crippen molar-refractivity contribution in [2.75, 3.05) is 26.2 Å². The highest BCUT2D eigenvalue weighted by molar-refractivity contribution is 5.94. The van der Waals surface area contributed by atoms with Crippen LogP contribution in [0.4, 0.5) is 0 Å². The molecule has 0 radical (unpaired) electrons. The third kappa shape index (κ3) is 5.69. The smallest absolute Gasteiger partial charge is 0.308 e. The molecule has 3 rings (SSSR count). The molecular formula is C24H28N2O4. The van der Waals surface area contributed by atoms with Crippen molar-refractivity contribution in [2.45, 2.75) is 33.1 Å². The standard InChI is InChI=1S/C24H28N2O4/c1-18-7-3-4-8-20(18)11-12-23(28)25-13-6-14-26(16-15-25)24(29)21-9-5-10-22(17-21)30-19(2)27/h3-5,7-10,17H,6,11-16H2,1-2H3. The SMILES string of the molecule is CC(=O)Oc1cccc(C(=O)N2CCCN(C(=O)CCc3ccccc3C)CC2)c1. The number of carbonyl (C=O) groups is 3. The van der Waals surface area contributed by atoms with E-state index in [-0.39, 0.29) is 11.8 Å². The van der Waals surface area contributed by atoms with Crippen LogP contribution < -0.4 is 4.74 Å². The van der Waals surface area contributed by atoms with E-state index in [4.69, 9.17) is 4.74 Å². The van der Waals surface area contributed by atoms with E-state index in [9.17, 15) is 14.4 Å². The number of hydrogen-bond donors (Lipinski definition) is 0. The summed E-state index contributed by atoms with van der Waals surface area (Å²) in [5, 5.41) is 0. The van der Waals surface area contributed by atoms with Crippen LogP contribution in [0.3, 0.4) is 0 Å². The molecule has 0 aliphatic carbocycles. The van der Waals surface area contributed by atoms with Crippen molar-refractivity contribution in [1.29, 1.82) is 0 Å². The van der Waals surface area contributed by atoms with Crippen molar-refractivity contribution < 1.29 is 19.1 Å². The molecule has 1 aliphatic rings. The van der Waals surface area contributed by atoms with E-state index >= 15 is 0 Å². The summed E-state index contributed by atoms with van der Waals surface area (Å²) in [6.07, 6.45) is 1.95. The van der Waals surface area contributed by atoms with Crippen LogP contribution in [0.2, 0.25) is 0 Å². The molecule has 0 saturated carbocycles. The van der Waals surface area contributed by atoms with Crippen LogP contribution in [-0.2, 0) is 16.0 Å². The summed E-state index contributed by atoms with van der Waals surface area (Å²) in [5.74, 6) is -0.0481. The number of aryl methyl sites for hydroxylation is 2. The Kier molecular flexibility index (Phi) is 7.22. The fourth-order valence-corrected chi connectivity index (χ4v) is 3.70. The maximum Gasteiger partial charge on any atom is 0.308 e. The van der Waals surface area contributed by atoms with Crippen molar-refractivity contribution in [3.8, 4) is 5.75 Å². The average Bonchev–Trinajstić information content (AvgIpc) is 2.98. The predicted molar refractivity (Wildman–Crippen MR) is 114 cm³/mol. The van der Waals surface area contributed by atoms with E-state index in [1.54, 1.807) is 29.2 Å². The molecular weight excluding hydrogens is 380 g/mol. The molecule has 6 heteroatoms. The highest BCUT2D eigenvalue weighted by Gasteiger charge is 2.23. The van der Waals surface area contributed by atoms with Gasteiger partial charge >= 0.3 is 5.97 Å². The zero-order valence-corrected chi connectivity index (χ0v) is 17.6. The molecule has 0 N–H and O–H groups in total. The zero-order valence-electron chi connectivity index (χ0n) is 17.6. The van der Waals surface area contributed by atoms with Crippen LogP contribution in [0, 0.1) is 6.92 Å². The molecule has 1 fully saturated rings. The molecule has 0 unspecified atom stereocenters. The molecule has 1 saturated heterocycles. The van der Waals surface area contributed by atoms with Crippen LogP contribution in [0.15, 0.2) is 48.5 Å². The third-order valence-corrected chi connectivity index (χ3v) is 5.35. The van der Waals surface area contributed by atoms with Gasteiger partial charge in [-0.05, 0) is 49.1 Å². The van der Waals surface area contributed by atoms with Crippen molar-refractivity contribution in [1.82, 2.24) is 9.80 Å². The Morgan fingerprint density at radius 1 is 0.933 bits per heavy atom. The van der Waals surface area contributed by atoms with Crippen molar-refractivity contribution in [2.24, 2.45) is 0 Å². The number of rotatable bonds is 5. The summed E-state index contributed by atoms with van der Waals surface area (Å²) in [6.45, 7) is 5.66. The van der Waals surface area contributed by atoms with Gasteiger partial charge in [0.2, 0.25) is 5.91 Å². The lowest BCUT2D eigenvalue weighted by molar-refractivity contribution is -0.132. The second kappa shape index (κ2) is 10.1. The molecule has 2 amide bonds. The summed E-state index contributed by atoms with van der Waals surface area (Å²) < 4.78 is 5.07. The Morgan fingerprint density at radius 3 is 2.43 bits per heavy atom. The summed E-state index contributed by atoms with van der Waals surface area (Å²) in [4.78, 5) is 40.4. The summed E-state index contributed by atoms with van der Waals surface area (Å²) in [7, 11) is 0. The van der Waals surface area contributed by atoms with Crippen LogP contribution in [0.25, 0.3) is 0 Å². The first-order valence-corrected chi connectivity index (χ1v) is 10.3. The summed E-state index contributed by atoms with van der Waals surface area (Å²) >= 11 is 0. The molecule has 0 bridgehead atoms. The molecule has 30 heavy (non-hydrogen) atoms. The average molecular weight is 408 g/mol. The van der Waals surface area contributed by atoms with Gasteiger partial charge in [-0.1, -0.05) is 30.3 Å². The number of nitrogens with zero attached hydrogens (tertiary/aromatic N) is 2. The number of amides is 2. The largest absolute Gasteiger partial charge is 0.427 e. The highest BCUT2D eigenvalue weighted by Crippen LogP contribution is 2.17. The quantitative estimate of drug-likeness (QED) is 0.563. The van der Waals surface area contributed by atoms with E-state index in [0.717, 1.165) is 12.8 Å². The number of ether oxygens (including phenoxy) is 1. The third-order valence-electron chi connectivity index (χ3n) is 5.35. The first-order valence-electron chi connectivity index (χ1n) is 10.3. The second-order valence-corrected chi connectivity index (χ2v) is 7.57. The Labute approximate surface area is 177 Å². The lowest BCUT2D eigenvalue weighted by Crippen LogP contribution is -2.37. The van der Waals surface area contributed by atoms with Gasteiger partial charge in [-0.3, -0.25) is 14.4 Å². The minimum Gasteiger partial charge on any atom is -0.427 e. The monoisotopic (exact) mass is 408 g/mol. The number of carbonyl (C=O) groups excluding carboxylic acids is 3. The fraction of sp³-hybridized carbons (Fsp3) is 0.375. The van der Waals surface area contributed by atoms with Gasteiger partial charge in [-0.15, -0.1) is 0 Å². The Morgan fingerprint density at radius 2 is 1.67 bits per heavy atom. The Bertz CT molecular complexity index is 925. The summed E-state index contributed by atoms with van der Waals surface area (Å²) in [5.41, 5.74) is 2.88. The highest BCUT2D eigenvalue weighted by atomic mass is 16.5. The van der Waals surface area contributed by atoms with Crippen molar-refractivity contribution in [3.05, 3.63) is 65.2 Å². The molecule has 0 spiro atoms. The van der Waals surface area contributed by atoms with Crippen LogP contribution in [-0.4, -0.2) is 53.8 Å². The normalized spacial score (nSPS) is 14.2. The molecule has 0 aromatic heterocycles. The van der Waals surface area contributed by atoms with Gasteiger partial charge in [0.25, 0.3) is 5.91 Å². The van der Waals surface area contributed by atoms with Gasteiger partial charge in [-0.2, -0.15) is 0 Å². The van der Waals surface area contributed by atoms with Gasteiger partial charge in [0.05, 0.1) is 0 Å². The molecule has 0 atom stereocenters. The topological polar surface area (TPSA) is 66.9 Å². The number of hydrogen-bond acceptors (Lipinski definition) is 4. The van der Waals surface area contributed by atoms with Crippen molar-refractivity contribution >= 4 is 17.8 Å². The first kappa shape index (κ1) is 21.6. The minimum absolute atomic E-state index is 0.113. The van der Waals surface area contributed by atoms with E-state index in [1.807, 2.05) is 17.0 Å². The zero-order chi connectivity index (χ0) is 21.5. The minimum atomic E-state index is -0.422. The molecule has 2 aromatic carbocycles. The Balaban J connectivity index is 1.56. The lowest BCUT2D eigenvalue weighted by Gasteiger charge is -2.22. The molecule has 1 aliphatic heterocycles. The van der Waals surface area contributed by atoms with Crippen molar-refractivity contribution in [3.63, 3.8) is 0 Å². The number of benzene rings is 2. The first-order chi connectivity index (χ1) is 14.4. The Hall–Kier alpha value is -3.15. The molecule has 158 valence electrons. The second-order valence-electron chi connectivity index (χ2n) is 7.57. The van der Waals surface area contributed by atoms with E-state index in [2.05, 4.69) is 19.1 Å². The van der Waals surface area contributed by atoms with Crippen LogP contribution in [0.1, 0.15) is 41.3 Å². The van der Waals surface area contributed by atoms with Gasteiger partial charge in [0.15, 0.2) is 0 Å². The number of esters is 1.